The second-order valence-corrected chi connectivity index (χ2v) is 5.31. The number of aliphatic hydroxyl groups is 2. The maximum absolute atomic E-state index is 9.04. The van der Waals surface area contributed by atoms with Crippen molar-refractivity contribution < 1.29 is 10.2 Å². The molecule has 1 saturated heterocycles. The summed E-state index contributed by atoms with van der Waals surface area (Å²) in [5, 5.41) is 17.9. The van der Waals surface area contributed by atoms with Crippen LogP contribution < -0.4 is 0 Å². The van der Waals surface area contributed by atoms with Crippen molar-refractivity contribution in [1.82, 2.24) is 9.80 Å². The Hall–Kier alpha value is -1.38. The molecule has 0 spiro atoms. The van der Waals surface area contributed by atoms with Crippen molar-refractivity contribution >= 4 is 0 Å². The molecule has 1 aliphatic rings. The Bertz CT molecular complexity index is 493. The van der Waals surface area contributed by atoms with Gasteiger partial charge >= 0.3 is 0 Å². The quantitative estimate of drug-likeness (QED) is 0.794. The first kappa shape index (κ1) is 16.0. The van der Waals surface area contributed by atoms with E-state index in [0.717, 1.165) is 51.3 Å². The highest BCUT2D eigenvalue weighted by molar-refractivity contribution is 5.41. The van der Waals surface area contributed by atoms with E-state index in [1.807, 2.05) is 18.2 Å². The molecule has 1 aromatic carbocycles. The smallest absolute Gasteiger partial charge is 0.104 e. The highest BCUT2D eigenvalue weighted by atomic mass is 16.3. The van der Waals surface area contributed by atoms with Gasteiger partial charge in [0.2, 0.25) is 0 Å². The van der Waals surface area contributed by atoms with Gasteiger partial charge in [-0.25, -0.2) is 0 Å². The fraction of sp³-hybridized carbons (Fsp3) is 0.529. The highest BCUT2D eigenvalue weighted by Crippen LogP contribution is 2.13. The Morgan fingerprint density at radius 2 is 1.76 bits per heavy atom. The molecule has 1 aromatic rings. The van der Waals surface area contributed by atoms with Gasteiger partial charge in [0.1, 0.15) is 6.61 Å². The van der Waals surface area contributed by atoms with Crippen LogP contribution in [0.5, 0.6) is 0 Å². The number of hydrogen-bond acceptors (Lipinski definition) is 4. The third-order valence-corrected chi connectivity index (χ3v) is 3.81. The van der Waals surface area contributed by atoms with Crippen molar-refractivity contribution in [2.24, 2.45) is 0 Å². The van der Waals surface area contributed by atoms with Crippen LogP contribution in [-0.2, 0) is 6.54 Å². The van der Waals surface area contributed by atoms with E-state index in [9.17, 15) is 0 Å². The third kappa shape index (κ3) is 5.14. The Morgan fingerprint density at radius 1 is 1.00 bits per heavy atom. The van der Waals surface area contributed by atoms with Crippen molar-refractivity contribution in [3.8, 4) is 11.8 Å². The SMILES string of the molecule is OCC#Cc1ccccc1CN1CCCN(CCO)CC1. The fourth-order valence-corrected chi connectivity index (χ4v) is 2.70. The maximum Gasteiger partial charge on any atom is 0.104 e. The topological polar surface area (TPSA) is 46.9 Å². The molecule has 2 rings (SSSR count). The minimum absolute atomic E-state index is 0.103. The van der Waals surface area contributed by atoms with E-state index >= 15 is 0 Å². The summed E-state index contributed by atoms with van der Waals surface area (Å²) < 4.78 is 0. The molecule has 0 bridgehead atoms. The van der Waals surface area contributed by atoms with Gasteiger partial charge in [-0.05, 0) is 31.1 Å². The summed E-state index contributed by atoms with van der Waals surface area (Å²) in [7, 11) is 0. The first-order valence-electron chi connectivity index (χ1n) is 7.56. The number of aliphatic hydroxyl groups excluding tert-OH is 2. The number of rotatable bonds is 4. The maximum atomic E-state index is 9.04. The van der Waals surface area contributed by atoms with Gasteiger partial charge in [-0.3, -0.25) is 9.80 Å². The van der Waals surface area contributed by atoms with Crippen LogP contribution in [0.3, 0.4) is 0 Å². The molecule has 1 fully saturated rings. The van der Waals surface area contributed by atoms with Gasteiger partial charge in [0.15, 0.2) is 0 Å². The molecule has 0 amide bonds. The zero-order valence-corrected chi connectivity index (χ0v) is 12.5. The van der Waals surface area contributed by atoms with Crippen LogP contribution in [0.2, 0.25) is 0 Å². The molecule has 114 valence electrons. The lowest BCUT2D eigenvalue weighted by Gasteiger charge is -2.21. The molecular weight excluding hydrogens is 264 g/mol. The number of benzene rings is 1. The fourth-order valence-electron chi connectivity index (χ4n) is 2.70. The lowest BCUT2D eigenvalue weighted by Crippen LogP contribution is -2.32. The van der Waals surface area contributed by atoms with Gasteiger partial charge in [0.25, 0.3) is 0 Å². The van der Waals surface area contributed by atoms with Gasteiger partial charge < -0.3 is 10.2 Å². The molecule has 2 N–H and O–H groups in total. The molecule has 0 aliphatic carbocycles. The lowest BCUT2D eigenvalue weighted by molar-refractivity contribution is 0.196. The van der Waals surface area contributed by atoms with Crippen LogP contribution >= 0.6 is 0 Å². The minimum Gasteiger partial charge on any atom is -0.395 e. The molecule has 0 radical (unpaired) electrons. The Morgan fingerprint density at radius 3 is 2.57 bits per heavy atom. The second-order valence-electron chi connectivity index (χ2n) is 5.31. The van der Waals surface area contributed by atoms with E-state index in [0.29, 0.717) is 0 Å². The van der Waals surface area contributed by atoms with Crippen molar-refractivity contribution in [1.29, 1.82) is 0 Å². The molecule has 0 atom stereocenters. The molecule has 1 heterocycles. The molecule has 0 saturated carbocycles. The van der Waals surface area contributed by atoms with Gasteiger partial charge in [-0.2, -0.15) is 0 Å². The Kier molecular flexibility index (Phi) is 6.71. The summed E-state index contributed by atoms with van der Waals surface area (Å²) in [6, 6.07) is 8.14. The first-order valence-corrected chi connectivity index (χ1v) is 7.56. The average Bonchev–Trinajstić information content (AvgIpc) is 2.72. The summed E-state index contributed by atoms with van der Waals surface area (Å²) in [5.74, 6) is 5.76. The zero-order valence-electron chi connectivity index (χ0n) is 12.5. The first-order chi connectivity index (χ1) is 10.3. The van der Waals surface area contributed by atoms with Crippen LogP contribution in [0, 0.1) is 11.8 Å². The van der Waals surface area contributed by atoms with Crippen LogP contribution in [-0.4, -0.2) is 66.0 Å². The predicted octanol–water partition coefficient (Wildman–Crippen LogP) is 0.530. The molecular formula is C17H24N2O2. The highest BCUT2D eigenvalue weighted by Gasteiger charge is 2.15. The molecule has 4 nitrogen and oxygen atoms in total. The van der Waals surface area contributed by atoms with E-state index in [2.05, 4.69) is 27.7 Å². The van der Waals surface area contributed by atoms with E-state index in [1.54, 1.807) is 0 Å². The van der Waals surface area contributed by atoms with Crippen molar-refractivity contribution in [3.63, 3.8) is 0 Å². The number of hydrogen-bond donors (Lipinski definition) is 2. The van der Waals surface area contributed by atoms with E-state index < -0.39 is 0 Å². The standard InChI is InChI=1S/C17H24N2O2/c20-13-3-7-16-5-1-2-6-17(16)15-19-9-4-8-18(10-11-19)12-14-21/h1-2,5-6,20-21H,4,8-15H2. The summed E-state index contributed by atoms with van der Waals surface area (Å²) in [6.07, 6.45) is 1.13. The summed E-state index contributed by atoms with van der Waals surface area (Å²) in [5.41, 5.74) is 2.22. The lowest BCUT2D eigenvalue weighted by atomic mass is 10.1. The summed E-state index contributed by atoms with van der Waals surface area (Å²) in [6.45, 7) is 5.95. The summed E-state index contributed by atoms with van der Waals surface area (Å²) in [4.78, 5) is 4.76. The molecule has 0 unspecified atom stereocenters. The average molecular weight is 288 g/mol. The Labute approximate surface area is 127 Å². The largest absolute Gasteiger partial charge is 0.395 e. The summed E-state index contributed by atoms with van der Waals surface area (Å²) >= 11 is 0. The van der Waals surface area contributed by atoms with Crippen molar-refractivity contribution in [2.45, 2.75) is 13.0 Å². The molecule has 21 heavy (non-hydrogen) atoms. The van der Waals surface area contributed by atoms with E-state index in [4.69, 9.17) is 10.2 Å². The number of nitrogens with zero attached hydrogens (tertiary/aromatic N) is 2. The third-order valence-electron chi connectivity index (χ3n) is 3.81. The molecule has 1 aliphatic heterocycles. The minimum atomic E-state index is -0.103. The van der Waals surface area contributed by atoms with Crippen LogP contribution in [0.4, 0.5) is 0 Å². The Balaban J connectivity index is 1.98. The second kappa shape index (κ2) is 8.81. The molecule has 4 heteroatoms. The monoisotopic (exact) mass is 288 g/mol. The predicted molar refractivity (Wildman–Crippen MR) is 83.8 cm³/mol. The zero-order chi connectivity index (χ0) is 14.9. The number of β-amino-alcohol motifs (C(OH)–C–C–N with tert-alkyl or cyclic N) is 1. The van der Waals surface area contributed by atoms with Gasteiger partial charge in [0.05, 0.1) is 6.61 Å². The van der Waals surface area contributed by atoms with Gasteiger partial charge in [0, 0.05) is 31.7 Å². The van der Waals surface area contributed by atoms with Gasteiger partial charge in [-0.1, -0.05) is 30.0 Å². The van der Waals surface area contributed by atoms with E-state index in [1.165, 1.54) is 5.56 Å². The normalized spacial score (nSPS) is 17.0. The van der Waals surface area contributed by atoms with Crippen LogP contribution in [0.1, 0.15) is 17.5 Å². The molecule has 0 aromatic heterocycles. The van der Waals surface area contributed by atoms with Crippen LogP contribution in [0.15, 0.2) is 24.3 Å². The van der Waals surface area contributed by atoms with Crippen LogP contribution in [0.25, 0.3) is 0 Å². The van der Waals surface area contributed by atoms with Crippen molar-refractivity contribution in [3.05, 3.63) is 35.4 Å². The van der Waals surface area contributed by atoms with E-state index in [-0.39, 0.29) is 13.2 Å². The van der Waals surface area contributed by atoms with Gasteiger partial charge in [-0.15, -0.1) is 0 Å². The van der Waals surface area contributed by atoms with Crippen molar-refractivity contribution in [2.75, 3.05) is 45.9 Å².